The summed E-state index contributed by atoms with van der Waals surface area (Å²) < 4.78 is 0. The van der Waals surface area contributed by atoms with Gasteiger partial charge in [0, 0.05) is 26.1 Å². The first-order valence-corrected chi connectivity index (χ1v) is 5.80. The number of nitrogens with zero attached hydrogens (tertiary/aromatic N) is 1. The number of nitrogens with two attached hydrogens (primary N) is 1. The molecular formula is C11H21N3O2. The van der Waals surface area contributed by atoms with Crippen LogP contribution in [0.15, 0.2) is 0 Å². The quantitative estimate of drug-likeness (QED) is 0.654. The molecule has 3 N–H and O–H groups in total. The molecule has 1 saturated carbocycles. The highest BCUT2D eigenvalue weighted by molar-refractivity contribution is 5.84. The molecule has 2 amide bonds. The molecular weight excluding hydrogens is 206 g/mol. The van der Waals surface area contributed by atoms with Crippen molar-refractivity contribution in [3.63, 3.8) is 0 Å². The summed E-state index contributed by atoms with van der Waals surface area (Å²) >= 11 is 0. The zero-order valence-corrected chi connectivity index (χ0v) is 10.0. The number of likely N-dealkylation sites (N-methyl/N-ethyl adjacent to an activating group) is 2. The summed E-state index contributed by atoms with van der Waals surface area (Å²) in [6.45, 7) is 2.55. The van der Waals surface area contributed by atoms with Crippen LogP contribution in [0.25, 0.3) is 0 Å². The van der Waals surface area contributed by atoms with E-state index in [9.17, 15) is 9.59 Å². The molecule has 0 aromatic rings. The third-order valence-electron chi connectivity index (χ3n) is 2.82. The Bertz CT molecular complexity index is 264. The maximum Gasteiger partial charge on any atom is 0.239 e. The molecule has 1 aliphatic carbocycles. The van der Waals surface area contributed by atoms with Crippen LogP contribution in [0.5, 0.6) is 0 Å². The fourth-order valence-corrected chi connectivity index (χ4v) is 1.61. The third-order valence-corrected chi connectivity index (χ3v) is 2.82. The standard InChI is InChI=1S/C11H21N3O2/c1-3-13-10(15)7-14(2)11(16)6-9(12)8-4-5-8/h8-9H,3-7,12H2,1-2H3,(H,13,15). The van der Waals surface area contributed by atoms with Gasteiger partial charge in [-0.05, 0) is 25.7 Å². The molecule has 0 spiro atoms. The predicted molar refractivity (Wildman–Crippen MR) is 61.6 cm³/mol. The molecule has 0 heterocycles. The zero-order valence-electron chi connectivity index (χ0n) is 10.0. The molecule has 5 nitrogen and oxygen atoms in total. The van der Waals surface area contributed by atoms with Crippen LogP contribution in [-0.2, 0) is 9.59 Å². The topological polar surface area (TPSA) is 75.4 Å². The van der Waals surface area contributed by atoms with E-state index in [1.807, 2.05) is 6.92 Å². The first-order valence-electron chi connectivity index (χ1n) is 5.80. The van der Waals surface area contributed by atoms with Crippen LogP contribution in [0.2, 0.25) is 0 Å². The number of nitrogens with one attached hydrogen (secondary N) is 1. The molecule has 1 fully saturated rings. The van der Waals surface area contributed by atoms with Crippen LogP contribution >= 0.6 is 0 Å². The minimum atomic E-state index is -0.127. The minimum Gasteiger partial charge on any atom is -0.355 e. The van der Waals surface area contributed by atoms with Crippen molar-refractivity contribution >= 4 is 11.8 Å². The molecule has 1 aliphatic rings. The van der Waals surface area contributed by atoms with Gasteiger partial charge in [-0.25, -0.2) is 0 Å². The van der Waals surface area contributed by atoms with Crippen LogP contribution in [0.3, 0.4) is 0 Å². The van der Waals surface area contributed by atoms with Crippen molar-refractivity contribution in [1.29, 1.82) is 0 Å². The summed E-state index contributed by atoms with van der Waals surface area (Å²) in [5.41, 5.74) is 5.86. The monoisotopic (exact) mass is 227 g/mol. The van der Waals surface area contributed by atoms with Gasteiger partial charge in [0.25, 0.3) is 0 Å². The normalized spacial score (nSPS) is 16.7. The lowest BCUT2D eigenvalue weighted by Crippen LogP contribution is -2.40. The SMILES string of the molecule is CCNC(=O)CN(C)C(=O)CC(N)C1CC1. The molecule has 5 heteroatoms. The van der Waals surface area contributed by atoms with Crippen LogP contribution in [-0.4, -0.2) is 42.9 Å². The highest BCUT2D eigenvalue weighted by Gasteiger charge is 2.30. The molecule has 92 valence electrons. The zero-order chi connectivity index (χ0) is 12.1. The highest BCUT2D eigenvalue weighted by Crippen LogP contribution is 2.32. The Morgan fingerprint density at radius 3 is 2.62 bits per heavy atom. The summed E-state index contributed by atoms with van der Waals surface area (Å²) in [6, 6.07) is -0.0378. The summed E-state index contributed by atoms with van der Waals surface area (Å²) in [5.74, 6) is 0.339. The second-order valence-corrected chi connectivity index (χ2v) is 4.41. The van der Waals surface area contributed by atoms with Crippen molar-refractivity contribution in [3.05, 3.63) is 0 Å². The minimum absolute atomic E-state index is 0.0378. The van der Waals surface area contributed by atoms with E-state index in [0.717, 1.165) is 12.8 Å². The Morgan fingerprint density at radius 1 is 1.50 bits per heavy atom. The van der Waals surface area contributed by atoms with E-state index in [2.05, 4.69) is 5.32 Å². The van der Waals surface area contributed by atoms with Crippen LogP contribution < -0.4 is 11.1 Å². The Morgan fingerprint density at radius 2 is 2.12 bits per heavy atom. The lowest BCUT2D eigenvalue weighted by atomic mass is 10.1. The van der Waals surface area contributed by atoms with E-state index in [1.54, 1.807) is 7.05 Å². The fraction of sp³-hybridized carbons (Fsp3) is 0.818. The average molecular weight is 227 g/mol. The van der Waals surface area contributed by atoms with E-state index in [-0.39, 0.29) is 24.4 Å². The van der Waals surface area contributed by atoms with E-state index in [4.69, 9.17) is 5.73 Å². The van der Waals surface area contributed by atoms with Gasteiger partial charge in [-0.1, -0.05) is 0 Å². The molecule has 1 unspecified atom stereocenters. The van der Waals surface area contributed by atoms with Crippen LogP contribution in [0, 0.1) is 5.92 Å². The van der Waals surface area contributed by atoms with Gasteiger partial charge in [-0.15, -0.1) is 0 Å². The Balaban J connectivity index is 2.26. The molecule has 0 aliphatic heterocycles. The largest absolute Gasteiger partial charge is 0.355 e. The molecule has 0 aromatic heterocycles. The Labute approximate surface area is 96.4 Å². The van der Waals surface area contributed by atoms with Crippen molar-refractivity contribution in [2.75, 3.05) is 20.1 Å². The number of rotatable bonds is 6. The summed E-state index contributed by atoms with van der Waals surface area (Å²) in [4.78, 5) is 24.4. The van der Waals surface area contributed by atoms with Gasteiger partial charge in [0.15, 0.2) is 0 Å². The van der Waals surface area contributed by atoms with E-state index in [0.29, 0.717) is 18.9 Å². The third kappa shape index (κ3) is 4.18. The summed E-state index contributed by atoms with van der Waals surface area (Å²) in [7, 11) is 1.64. The molecule has 0 aromatic carbocycles. The van der Waals surface area contributed by atoms with Gasteiger partial charge < -0.3 is 16.0 Å². The lowest BCUT2D eigenvalue weighted by Gasteiger charge is -2.18. The first-order chi connectivity index (χ1) is 7.54. The lowest BCUT2D eigenvalue weighted by molar-refractivity contribution is -0.135. The van der Waals surface area contributed by atoms with Gasteiger partial charge in [0.2, 0.25) is 11.8 Å². The van der Waals surface area contributed by atoms with Gasteiger partial charge in [-0.2, -0.15) is 0 Å². The second-order valence-electron chi connectivity index (χ2n) is 4.41. The van der Waals surface area contributed by atoms with Gasteiger partial charge >= 0.3 is 0 Å². The van der Waals surface area contributed by atoms with Gasteiger partial charge in [0.05, 0.1) is 6.54 Å². The predicted octanol–water partition coefficient (Wildman–Crippen LogP) is -0.292. The fourth-order valence-electron chi connectivity index (χ4n) is 1.61. The molecule has 0 saturated heterocycles. The van der Waals surface area contributed by atoms with Crippen molar-refractivity contribution in [2.45, 2.75) is 32.2 Å². The van der Waals surface area contributed by atoms with Crippen molar-refractivity contribution in [3.8, 4) is 0 Å². The maximum absolute atomic E-state index is 11.7. The molecule has 1 rings (SSSR count). The highest BCUT2D eigenvalue weighted by atomic mass is 16.2. The van der Waals surface area contributed by atoms with Gasteiger partial charge in [0.1, 0.15) is 0 Å². The van der Waals surface area contributed by atoms with E-state index < -0.39 is 0 Å². The molecule has 16 heavy (non-hydrogen) atoms. The summed E-state index contributed by atoms with van der Waals surface area (Å²) in [5, 5.41) is 2.66. The number of carbonyl (C=O) groups excluding carboxylic acids is 2. The van der Waals surface area contributed by atoms with E-state index >= 15 is 0 Å². The Kier molecular flexibility index (Phi) is 4.73. The number of hydrogen-bond acceptors (Lipinski definition) is 3. The number of amides is 2. The van der Waals surface area contributed by atoms with Crippen molar-refractivity contribution in [2.24, 2.45) is 11.7 Å². The summed E-state index contributed by atoms with van der Waals surface area (Å²) in [6.07, 6.45) is 2.61. The van der Waals surface area contributed by atoms with E-state index in [1.165, 1.54) is 4.90 Å². The first kappa shape index (κ1) is 13.0. The molecule has 1 atom stereocenters. The van der Waals surface area contributed by atoms with Crippen LogP contribution in [0.4, 0.5) is 0 Å². The van der Waals surface area contributed by atoms with Crippen LogP contribution in [0.1, 0.15) is 26.2 Å². The second kappa shape index (κ2) is 5.84. The maximum atomic E-state index is 11.7. The number of carbonyl (C=O) groups is 2. The van der Waals surface area contributed by atoms with Crippen molar-refractivity contribution < 1.29 is 9.59 Å². The smallest absolute Gasteiger partial charge is 0.239 e. The molecule has 0 radical (unpaired) electrons. The Hall–Kier alpha value is -1.10. The number of hydrogen-bond donors (Lipinski definition) is 2. The van der Waals surface area contributed by atoms with Gasteiger partial charge in [-0.3, -0.25) is 9.59 Å². The van der Waals surface area contributed by atoms with Crippen molar-refractivity contribution in [1.82, 2.24) is 10.2 Å². The molecule has 0 bridgehead atoms. The average Bonchev–Trinajstić information content (AvgIpc) is 3.00.